The van der Waals surface area contributed by atoms with Gasteiger partial charge in [0, 0.05) is 3.92 Å². The van der Waals surface area contributed by atoms with Crippen LogP contribution in [0.15, 0.2) is 30.3 Å². The van der Waals surface area contributed by atoms with E-state index in [1.807, 2.05) is 25.1 Å². The van der Waals surface area contributed by atoms with Gasteiger partial charge in [-0.1, -0.05) is 66.8 Å². The molecule has 0 radical (unpaired) electrons. The van der Waals surface area contributed by atoms with Crippen molar-refractivity contribution < 1.29 is 5.11 Å². The first-order valence-electron chi connectivity index (χ1n) is 4.98. The maximum Gasteiger partial charge on any atom is 0.0660 e. The van der Waals surface area contributed by atoms with Crippen LogP contribution in [0, 0.1) is 0 Å². The van der Waals surface area contributed by atoms with Crippen molar-refractivity contribution in [1.29, 1.82) is 0 Å². The quantitative estimate of drug-likeness (QED) is 0.668. The molecule has 0 fully saturated rings. The van der Waals surface area contributed by atoms with Crippen molar-refractivity contribution >= 4 is 22.6 Å². The van der Waals surface area contributed by atoms with Crippen molar-refractivity contribution in [1.82, 2.24) is 0 Å². The lowest BCUT2D eigenvalue weighted by molar-refractivity contribution is 0.162. The third-order valence-corrected chi connectivity index (χ3v) is 3.32. The summed E-state index contributed by atoms with van der Waals surface area (Å²) in [4.78, 5) is 0. The van der Waals surface area contributed by atoms with Crippen molar-refractivity contribution in [3.8, 4) is 0 Å². The summed E-state index contributed by atoms with van der Waals surface area (Å²) in [7, 11) is 0. The summed E-state index contributed by atoms with van der Waals surface area (Å²) < 4.78 is 0.318. The molecule has 3 atom stereocenters. The lowest BCUT2D eigenvalue weighted by Gasteiger charge is -2.18. The van der Waals surface area contributed by atoms with Crippen LogP contribution in [0.5, 0.6) is 0 Å². The Morgan fingerprint density at radius 2 is 1.79 bits per heavy atom. The van der Waals surface area contributed by atoms with E-state index in [4.69, 9.17) is 0 Å². The highest BCUT2D eigenvalue weighted by Crippen LogP contribution is 2.23. The van der Waals surface area contributed by atoms with Crippen LogP contribution in [0.1, 0.15) is 31.7 Å². The number of hydrogen-bond donors (Lipinski definition) is 1. The molecule has 0 aliphatic rings. The predicted octanol–water partition coefficient (Wildman–Crippen LogP) is 3.36. The number of aliphatic hydroxyl groups excluding tert-OH is 1. The Bertz CT molecular complexity index is 258. The molecule has 0 bridgehead atoms. The van der Waals surface area contributed by atoms with Crippen LogP contribution in [0.3, 0.4) is 0 Å². The Morgan fingerprint density at radius 3 is 2.29 bits per heavy atom. The highest BCUT2D eigenvalue weighted by atomic mass is 127. The molecule has 0 spiro atoms. The zero-order valence-corrected chi connectivity index (χ0v) is 10.8. The first-order valence-corrected chi connectivity index (χ1v) is 6.23. The van der Waals surface area contributed by atoms with Crippen molar-refractivity contribution in [3.63, 3.8) is 0 Å². The first-order chi connectivity index (χ1) is 6.61. The Labute approximate surface area is 99.7 Å². The first kappa shape index (κ1) is 12.0. The van der Waals surface area contributed by atoms with Crippen LogP contribution in [0.25, 0.3) is 0 Å². The van der Waals surface area contributed by atoms with E-state index >= 15 is 0 Å². The van der Waals surface area contributed by atoms with E-state index in [1.54, 1.807) is 0 Å². The molecule has 1 unspecified atom stereocenters. The third kappa shape index (κ3) is 3.58. The van der Waals surface area contributed by atoms with Crippen LogP contribution in [-0.2, 0) is 0 Å². The molecule has 0 saturated carbocycles. The van der Waals surface area contributed by atoms with E-state index in [1.165, 1.54) is 5.56 Å². The lowest BCUT2D eigenvalue weighted by atomic mass is 9.94. The molecule has 14 heavy (non-hydrogen) atoms. The van der Waals surface area contributed by atoms with Crippen LogP contribution >= 0.6 is 22.6 Å². The molecule has 78 valence electrons. The molecule has 2 heteroatoms. The van der Waals surface area contributed by atoms with Gasteiger partial charge in [-0.2, -0.15) is 0 Å². The van der Waals surface area contributed by atoms with Crippen LogP contribution in [0.2, 0.25) is 0 Å². The third-order valence-electron chi connectivity index (χ3n) is 2.49. The van der Waals surface area contributed by atoms with E-state index in [9.17, 15) is 5.11 Å². The van der Waals surface area contributed by atoms with Crippen molar-refractivity contribution in [2.45, 2.75) is 36.2 Å². The van der Waals surface area contributed by atoms with Gasteiger partial charge in [-0.3, -0.25) is 0 Å². The maximum absolute atomic E-state index is 9.75. The van der Waals surface area contributed by atoms with Crippen molar-refractivity contribution in [3.05, 3.63) is 35.9 Å². The van der Waals surface area contributed by atoms with Gasteiger partial charge in [0.2, 0.25) is 0 Å². The molecule has 0 aliphatic heterocycles. The fourth-order valence-corrected chi connectivity index (χ4v) is 1.76. The predicted molar refractivity (Wildman–Crippen MR) is 69.0 cm³/mol. The molecule has 1 aromatic carbocycles. The highest BCUT2D eigenvalue weighted by molar-refractivity contribution is 14.1. The smallest absolute Gasteiger partial charge is 0.0660 e. The second kappa shape index (κ2) is 5.71. The van der Waals surface area contributed by atoms with Gasteiger partial charge >= 0.3 is 0 Å². The number of aliphatic hydroxyl groups is 1. The molecule has 1 aromatic rings. The summed E-state index contributed by atoms with van der Waals surface area (Å²) in [6.07, 6.45) is 0.638. The maximum atomic E-state index is 9.75. The summed E-state index contributed by atoms with van der Waals surface area (Å²) in [6, 6.07) is 10.4. The summed E-state index contributed by atoms with van der Waals surface area (Å²) in [5.41, 5.74) is 1.31. The summed E-state index contributed by atoms with van der Waals surface area (Å²) in [5.74, 6) is 0.434. The Balaban J connectivity index is 2.55. The van der Waals surface area contributed by atoms with E-state index < -0.39 is 0 Å². The number of hydrogen-bond acceptors (Lipinski definition) is 1. The van der Waals surface area contributed by atoms with Gasteiger partial charge in [-0.15, -0.1) is 0 Å². The minimum absolute atomic E-state index is 0.203. The molecule has 0 aliphatic carbocycles. The van der Waals surface area contributed by atoms with Gasteiger partial charge in [-0.05, 0) is 17.9 Å². The van der Waals surface area contributed by atoms with Crippen LogP contribution < -0.4 is 0 Å². The highest BCUT2D eigenvalue weighted by Gasteiger charge is 2.15. The van der Waals surface area contributed by atoms with E-state index in [0.29, 0.717) is 9.84 Å². The van der Waals surface area contributed by atoms with Gasteiger partial charge in [0.1, 0.15) is 0 Å². The zero-order valence-electron chi connectivity index (χ0n) is 8.65. The largest absolute Gasteiger partial charge is 0.392 e. The second-order valence-electron chi connectivity index (χ2n) is 3.79. The van der Waals surface area contributed by atoms with Gasteiger partial charge in [0.15, 0.2) is 0 Å². The van der Waals surface area contributed by atoms with Gasteiger partial charge in [0.05, 0.1) is 6.10 Å². The molecule has 0 heterocycles. The summed E-state index contributed by atoms with van der Waals surface area (Å²) in [6.45, 7) is 4.21. The van der Waals surface area contributed by atoms with Gasteiger partial charge in [-0.25, -0.2) is 0 Å². The van der Waals surface area contributed by atoms with Gasteiger partial charge < -0.3 is 5.11 Å². The number of benzene rings is 1. The van der Waals surface area contributed by atoms with Crippen molar-refractivity contribution in [2.75, 3.05) is 0 Å². The normalized spacial score (nSPS) is 17.4. The number of rotatable bonds is 4. The van der Waals surface area contributed by atoms with Crippen LogP contribution in [-0.4, -0.2) is 15.1 Å². The van der Waals surface area contributed by atoms with Crippen LogP contribution in [0.4, 0.5) is 0 Å². The second-order valence-corrected chi connectivity index (χ2v) is 5.76. The van der Waals surface area contributed by atoms with Gasteiger partial charge in [0.25, 0.3) is 0 Å². The minimum atomic E-state index is -0.203. The minimum Gasteiger partial charge on any atom is -0.392 e. The van der Waals surface area contributed by atoms with Crippen molar-refractivity contribution in [2.24, 2.45) is 0 Å². The fourth-order valence-electron chi connectivity index (χ4n) is 1.47. The SMILES string of the molecule is CC(C[C@@H](O)[C@@H](C)I)c1ccccc1. The topological polar surface area (TPSA) is 20.2 Å². The molecular weight excluding hydrogens is 287 g/mol. The Kier molecular flexibility index (Phi) is 4.89. The van der Waals surface area contributed by atoms with E-state index in [-0.39, 0.29) is 6.10 Å². The molecule has 1 N–H and O–H groups in total. The van der Waals surface area contributed by atoms with E-state index in [0.717, 1.165) is 6.42 Å². The number of halogens is 1. The average Bonchev–Trinajstić information content (AvgIpc) is 2.19. The molecule has 0 saturated heterocycles. The molecule has 1 nitrogen and oxygen atoms in total. The fraction of sp³-hybridized carbons (Fsp3) is 0.500. The van der Waals surface area contributed by atoms with E-state index in [2.05, 4.69) is 41.6 Å². The molecule has 0 amide bonds. The zero-order chi connectivity index (χ0) is 10.6. The average molecular weight is 304 g/mol. The monoisotopic (exact) mass is 304 g/mol. The number of alkyl halides is 1. The summed E-state index contributed by atoms with van der Waals surface area (Å²) >= 11 is 2.27. The molecule has 0 aromatic heterocycles. The Hall–Kier alpha value is -0.0900. The Morgan fingerprint density at radius 1 is 1.21 bits per heavy atom. The molecule has 1 rings (SSSR count). The standard InChI is InChI=1S/C12H17IO/c1-9(8-12(14)10(2)13)11-6-4-3-5-7-11/h3-7,9-10,12,14H,8H2,1-2H3/t9?,10-,12-/m1/s1. The molecular formula is C12H17IO. The lowest BCUT2D eigenvalue weighted by Crippen LogP contribution is -2.19. The summed E-state index contributed by atoms with van der Waals surface area (Å²) in [5, 5.41) is 9.75.